The molecule has 0 amide bonds. The van der Waals surface area contributed by atoms with Crippen LogP contribution in [0.1, 0.15) is 20.3 Å². The Hall–Kier alpha value is 0.137. The molecule has 0 aromatic heterocycles. The van der Waals surface area contributed by atoms with E-state index in [0.717, 1.165) is 12.1 Å². The Morgan fingerprint density at radius 3 is 1.80 bits per heavy atom. The summed E-state index contributed by atoms with van der Waals surface area (Å²) >= 11 is 0. The second-order valence-electron chi connectivity index (χ2n) is 3.59. The van der Waals surface area contributed by atoms with Gasteiger partial charge in [0.15, 0.2) is 9.84 Å². The van der Waals surface area contributed by atoms with Crippen molar-refractivity contribution in [3.63, 3.8) is 0 Å². The van der Waals surface area contributed by atoms with Crippen LogP contribution in [0.15, 0.2) is 0 Å². The average Bonchev–Trinajstić information content (AvgIpc) is 1.84. The number of hydrogen-bond acceptors (Lipinski definition) is 2. The zero-order valence-corrected chi connectivity index (χ0v) is 8.88. The van der Waals surface area contributed by atoms with Crippen LogP contribution in [0.5, 0.6) is 0 Å². The van der Waals surface area contributed by atoms with Crippen molar-refractivity contribution in [2.45, 2.75) is 32.4 Å². The third-order valence-electron chi connectivity index (χ3n) is 2.63. The van der Waals surface area contributed by atoms with Crippen LogP contribution in [-0.4, -0.2) is 45.2 Å². The van der Waals surface area contributed by atoms with Crippen LogP contribution in [0.2, 0.25) is 0 Å². The standard InChI is InChI=1S/C7H18N2Si/c1-6-5-7(2)9(4)10-8(6)3/h6-7H,5,10H2,1-4H3. The lowest BCUT2D eigenvalue weighted by molar-refractivity contribution is 0.233. The van der Waals surface area contributed by atoms with Gasteiger partial charge < -0.3 is 9.13 Å². The summed E-state index contributed by atoms with van der Waals surface area (Å²) in [6.45, 7) is 4.66. The van der Waals surface area contributed by atoms with E-state index in [1.165, 1.54) is 6.42 Å². The van der Waals surface area contributed by atoms with Gasteiger partial charge in [0, 0.05) is 12.1 Å². The highest BCUT2D eigenvalue weighted by Gasteiger charge is 2.23. The van der Waals surface area contributed by atoms with Gasteiger partial charge in [0.05, 0.1) is 0 Å². The first kappa shape index (κ1) is 8.24. The van der Waals surface area contributed by atoms with Crippen molar-refractivity contribution in [1.29, 1.82) is 0 Å². The fraction of sp³-hybridized carbons (Fsp3) is 1.00. The predicted octanol–water partition coefficient (Wildman–Crippen LogP) is 0.0295. The average molecular weight is 158 g/mol. The maximum absolute atomic E-state index is 2.53. The largest absolute Gasteiger partial charge is 0.317 e. The van der Waals surface area contributed by atoms with Gasteiger partial charge in [-0.3, -0.25) is 0 Å². The second kappa shape index (κ2) is 3.03. The van der Waals surface area contributed by atoms with Crippen LogP contribution in [-0.2, 0) is 0 Å². The summed E-state index contributed by atoms with van der Waals surface area (Å²) in [5, 5.41) is 0. The molecule has 1 heterocycles. The van der Waals surface area contributed by atoms with Crippen molar-refractivity contribution >= 4 is 9.84 Å². The molecule has 0 N–H and O–H groups in total. The first-order valence-electron chi connectivity index (χ1n) is 4.01. The third kappa shape index (κ3) is 1.59. The lowest BCUT2D eigenvalue weighted by atomic mass is 10.1. The number of hydrogen-bond donors (Lipinski definition) is 0. The minimum Gasteiger partial charge on any atom is -0.317 e. The van der Waals surface area contributed by atoms with Crippen LogP contribution in [0.4, 0.5) is 0 Å². The van der Waals surface area contributed by atoms with E-state index in [2.05, 4.69) is 37.1 Å². The molecular formula is C7H18N2Si. The van der Waals surface area contributed by atoms with E-state index in [-0.39, 0.29) is 9.84 Å². The number of nitrogens with zero attached hydrogens (tertiary/aromatic N) is 2. The Morgan fingerprint density at radius 2 is 1.50 bits per heavy atom. The van der Waals surface area contributed by atoms with E-state index in [9.17, 15) is 0 Å². The first-order valence-corrected chi connectivity index (χ1v) is 5.28. The second-order valence-corrected chi connectivity index (χ2v) is 5.87. The highest BCUT2D eigenvalue weighted by atomic mass is 28.2. The minimum atomic E-state index is -0.0710. The Kier molecular flexibility index (Phi) is 2.49. The lowest BCUT2D eigenvalue weighted by Gasteiger charge is -2.40. The summed E-state index contributed by atoms with van der Waals surface area (Å²) in [5.74, 6) is 0. The van der Waals surface area contributed by atoms with Crippen LogP contribution in [0.25, 0.3) is 0 Å². The van der Waals surface area contributed by atoms with Crippen LogP contribution < -0.4 is 0 Å². The molecule has 0 aliphatic carbocycles. The maximum Gasteiger partial charge on any atom is 0.173 e. The molecule has 1 rings (SSSR count). The van der Waals surface area contributed by atoms with Gasteiger partial charge in [-0.2, -0.15) is 0 Å². The van der Waals surface area contributed by atoms with Gasteiger partial charge in [-0.15, -0.1) is 0 Å². The molecule has 0 aromatic carbocycles. The highest BCUT2D eigenvalue weighted by Crippen LogP contribution is 2.13. The molecule has 1 aliphatic heterocycles. The van der Waals surface area contributed by atoms with Crippen molar-refractivity contribution in [3.8, 4) is 0 Å². The quantitative estimate of drug-likeness (QED) is 0.459. The summed E-state index contributed by atoms with van der Waals surface area (Å²) in [7, 11) is 4.43. The minimum absolute atomic E-state index is 0.0710. The molecule has 60 valence electrons. The van der Waals surface area contributed by atoms with E-state index < -0.39 is 0 Å². The normalized spacial score (nSPS) is 40.8. The molecule has 1 fully saturated rings. The highest BCUT2D eigenvalue weighted by molar-refractivity contribution is 6.28. The van der Waals surface area contributed by atoms with Crippen molar-refractivity contribution in [2.75, 3.05) is 14.1 Å². The Labute approximate surface area is 66.2 Å². The zero-order chi connectivity index (χ0) is 7.72. The number of rotatable bonds is 0. The third-order valence-corrected chi connectivity index (χ3v) is 4.77. The molecule has 0 aromatic rings. The van der Waals surface area contributed by atoms with Crippen molar-refractivity contribution in [1.82, 2.24) is 9.13 Å². The molecule has 2 atom stereocenters. The lowest BCUT2D eigenvalue weighted by Crippen LogP contribution is -2.52. The first-order chi connectivity index (χ1) is 4.61. The maximum atomic E-state index is 2.53. The molecule has 2 unspecified atom stereocenters. The van der Waals surface area contributed by atoms with Gasteiger partial charge in [0.25, 0.3) is 0 Å². The van der Waals surface area contributed by atoms with Gasteiger partial charge in [0.2, 0.25) is 0 Å². The monoisotopic (exact) mass is 158 g/mol. The van der Waals surface area contributed by atoms with Gasteiger partial charge in [0.1, 0.15) is 0 Å². The fourth-order valence-corrected chi connectivity index (χ4v) is 3.04. The smallest absolute Gasteiger partial charge is 0.173 e. The molecule has 3 heteroatoms. The predicted molar refractivity (Wildman–Crippen MR) is 47.6 cm³/mol. The fourth-order valence-electron chi connectivity index (χ4n) is 1.48. The molecule has 10 heavy (non-hydrogen) atoms. The van der Waals surface area contributed by atoms with Gasteiger partial charge in [-0.05, 0) is 20.5 Å². The van der Waals surface area contributed by atoms with E-state index >= 15 is 0 Å². The summed E-state index contributed by atoms with van der Waals surface area (Å²) in [5.41, 5.74) is 0. The zero-order valence-electron chi connectivity index (χ0n) is 7.46. The van der Waals surface area contributed by atoms with Crippen molar-refractivity contribution < 1.29 is 0 Å². The van der Waals surface area contributed by atoms with Crippen LogP contribution >= 0.6 is 0 Å². The molecule has 1 saturated heterocycles. The van der Waals surface area contributed by atoms with Gasteiger partial charge in [-0.1, -0.05) is 13.8 Å². The summed E-state index contributed by atoms with van der Waals surface area (Å²) in [4.78, 5) is 0. The van der Waals surface area contributed by atoms with Crippen molar-refractivity contribution in [3.05, 3.63) is 0 Å². The van der Waals surface area contributed by atoms with E-state index in [0.29, 0.717) is 0 Å². The molecular weight excluding hydrogens is 140 g/mol. The molecule has 0 radical (unpaired) electrons. The topological polar surface area (TPSA) is 6.48 Å². The summed E-state index contributed by atoms with van der Waals surface area (Å²) in [6.07, 6.45) is 1.33. The summed E-state index contributed by atoms with van der Waals surface area (Å²) < 4.78 is 5.06. The SMILES string of the molecule is CC1CC(C)N(C)[SiH2]N1C. The molecule has 0 bridgehead atoms. The van der Waals surface area contributed by atoms with Gasteiger partial charge >= 0.3 is 0 Å². The van der Waals surface area contributed by atoms with E-state index in [1.807, 2.05) is 0 Å². The van der Waals surface area contributed by atoms with E-state index in [1.54, 1.807) is 0 Å². The molecule has 0 spiro atoms. The Bertz CT molecular complexity index is 92.2. The van der Waals surface area contributed by atoms with E-state index in [4.69, 9.17) is 0 Å². The molecule has 2 nitrogen and oxygen atoms in total. The van der Waals surface area contributed by atoms with Crippen LogP contribution in [0.3, 0.4) is 0 Å². The van der Waals surface area contributed by atoms with Gasteiger partial charge in [-0.25, -0.2) is 0 Å². The van der Waals surface area contributed by atoms with Crippen LogP contribution in [0, 0.1) is 0 Å². The Balaban J connectivity index is 2.46. The summed E-state index contributed by atoms with van der Waals surface area (Å²) in [6, 6.07) is 1.63. The molecule has 0 saturated carbocycles. The molecule has 1 aliphatic rings. The Morgan fingerprint density at radius 1 is 1.10 bits per heavy atom. The van der Waals surface area contributed by atoms with Crippen molar-refractivity contribution in [2.24, 2.45) is 0 Å².